The molecule has 3 amide bonds. The number of hydrazone groups is 1. The Morgan fingerprint density at radius 2 is 1.76 bits per heavy atom. The summed E-state index contributed by atoms with van der Waals surface area (Å²) < 4.78 is 0. The topological polar surface area (TPSA) is 121 Å². The molecule has 1 aromatic heterocycles. The van der Waals surface area contributed by atoms with E-state index in [1.165, 1.54) is 17.1 Å². The van der Waals surface area contributed by atoms with Gasteiger partial charge in [0.25, 0.3) is 5.69 Å². The minimum absolute atomic E-state index is 0.00306. The number of anilines is 1. The van der Waals surface area contributed by atoms with Gasteiger partial charge in [-0.25, -0.2) is 9.80 Å². The fourth-order valence-electron chi connectivity index (χ4n) is 4.54. The van der Waals surface area contributed by atoms with Crippen LogP contribution in [0.4, 0.5) is 16.2 Å². The molecule has 0 saturated carbocycles. The van der Waals surface area contributed by atoms with E-state index in [1.54, 1.807) is 29.4 Å². The highest BCUT2D eigenvalue weighted by Gasteiger charge is 2.38. The first-order valence-electron chi connectivity index (χ1n) is 11.9. The third-order valence-electron chi connectivity index (χ3n) is 6.63. The second-order valence-corrected chi connectivity index (χ2v) is 9.90. The van der Waals surface area contributed by atoms with Gasteiger partial charge in [0, 0.05) is 49.7 Å². The zero-order valence-electron chi connectivity index (χ0n) is 20.5. The van der Waals surface area contributed by atoms with Crippen LogP contribution in [-0.4, -0.2) is 37.5 Å². The van der Waals surface area contributed by atoms with Gasteiger partial charge in [0.05, 0.1) is 22.6 Å². The number of nitro benzene ring substituents is 1. The van der Waals surface area contributed by atoms with Gasteiger partial charge < -0.3 is 10.2 Å². The number of urea groups is 1. The van der Waals surface area contributed by atoms with Crippen LogP contribution in [0.5, 0.6) is 0 Å². The molecular formula is C27H26N6O4. The van der Waals surface area contributed by atoms with Crippen LogP contribution >= 0.6 is 0 Å². The minimum Gasteiger partial charge on any atom is -0.316 e. The van der Waals surface area contributed by atoms with Crippen molar-refractivity contribution in [3.8, 4) is 0 Å². The Morgan fingerprint density at radius 3 is 2.43 bits per heavy atom. The van der Waals surface area contributed by atoms with Crippen molar-refractivity contribution in [1.29, 1.82) is 0 Å². The molecule has 0 fully saturated rings. The summed E-state index contributed by atoms with van der Waals surface area (Å²) in [7, 11) is 0. The highest BCUT2D eigenvalue weighted by molar-refractivity contribution is 6.06. The van der Waals surface area contributed by atoms with Gasteiger partial charge in [-0.3, -0.25) is 19.9 Å². The van der Waals surface area contributed by atoms with E-state index >= 15 is 0 Å². The second-order valence-electron chi connectivity index (χ2n) is 9.90. The van der Waals surface area contributed by atoms with Crippen molar-refractivity contribution in [2.75, 3.05) is 5.32 Å². The van der Waals surface area contributed by atoms with Crippen LogP contribution < -0.4 is 5.32 Å². The number of pyridine rings is 1. The van der Waals surface area contributed by atoms with Crippen LogP contribution in [0.1, 0.15) is 42.5 Å². The Morgan fingerprint density at radius 1 is 1.05 bits per heavy atom. The minimum atomic E-state index is -0.662. The molecule has 10 nitrogen and oxygen atoms in total. The van der Waals surface area contributed by atoms with Gasteiger partial charge in [-0.05, 0) is 40.5 Å². The van der Waals surface area contributed by atoms with Gasteiger partial charge >= 0.3 is 6.03 Å². The van der Waals surface area contributed by atoms with E-state index in [9.17, 15) is 19.7 Å². The lowest BCUT2D eigenvalue weighted by Crippen LogP contribution is -2.43. The molecule has 3 aromatic rings. The molecule has 0 bridgehead atoms. The summed E-state index contributed by atoms with van der Waals surface area (Å²) in [5.41, 5.74) is 4.51. The highest BCUT2D eigenvalue weighted by atomic mass is 16.6. The molecule has 2 aromatic carbocycles. The van der Waals surface area contributed by atoms with E-state index in [-0.39, 0.29) is 24.2 Å². The zero-order chi connectivity index (χ0) is 26.2. The van der Waals surface area contributed by atoms with Gasteiger partial charge in [0.15, 0.2) is 0 Å². The normalized spacial score (nSPS) is 16.3. The van der Waals surface area contributed by atoms with Crippen LogP contribution in [0, 0.1) is 15.5 Å². The van der Waals surface area contributed by atoms with E-state index in [2.05, 4.69) is 15.4 Å². The molecule has 2 aliphatic rings. The van der Waals surface area contributed by atoms with Gasteiger partial charge in [-0.2, -0.15) is 5.10 Å². The summed E-state index contributed by atoms with van der Waals surface area (Å²) in [6.07, 6.45) is 3.99. The molecule has 0 spiro atoms. The number of hydrogen-bond donors (Lipinski definition) is 1. The van der Waals surface area contributed by atoms with E-state index < -0.39 is 10.3 Å². The number of nitrogens with one attached hydrogen (secondary N) is 1. The highest BCUT2D eigenvalue weighted by Crippen LogP contribution is 2.32. The average Bonchev–Trinajstić information content (AvgIpc) is 3.32. The molecule has 1 N–H and O–H groups in total. The van der Waals surface area contributed by atoms with Crippen LogP contribution in [0.3, 0.4) is 0 Å². The molecule has 2 aliphatic heterocycles. The number of carbonyl (C=O) groups excluding carboxylic acids is 2. The van der Waals surface area contributed by atoms with Crippen molar-refractivity contribution in [3.05, 3.63) is 99.4 Å². The van der Waals surface area contributed by atoms with E-state index in [1.807, 2.05) is 44.2 Å². The SMILES string of the molecule is CC1(C)CC(c2ccc(NC(=O)N3Cc4ccncc4C3)cc2)=NN(Cc2ccc([N+](=O)[O-])cc2)C1=O. The number of hydrogen-bond acceptors (Lipinski definition) is 6. The van der Waals surface area contributed by atoms with Crippen molar-refractivity contribution in [1.82, 2.24) is 14.9 Å². The first-order valence-corrected chi connectivity index (χ1v) is 11.9. The van der Waals surface area contributed by atoms with Crippen molar-refractivity contribution >= 4 is 29.0 Å². The average molecular weight is 499 g/mol. The molecule has 3 heterocycles. The van der Waals surface area contributed by atoms with E-state index in [0.717, 1.165) is 28.0 Å². The van der Waals surface area contributed by atoms with Crippen LogP contribution in [0.15, 0.2) is 72.1 Å². The first-order chi connectivity index (χ1) is 17.7. The van der Waals surface area contributed by atoms with Gasteiger partial charge in [0.1, 0.15) is 0 Å². The largest absolute Gasteiger partial charge is 0.322 e. The Bertz CT molecular complexity index is 1370. The predicted molar refractivity (Wildman–Crippen MR) is 138 cm³/mol. The summed E-state index contributed by atoms with van der Waals surface area (Å²) in [4.78, 5) is 42.1. The number of amides is 3. The summed E-state index contributed by atoms with van der Waals surface area (Å²) >= 11 is 0. The molecule has 37 heavy (non-hydrogen) atoms. The maximum Gasteiger partial charge on any atom is 0.322 e. The quantitative estimate of drug-likeness (QED) is 0.404. The number of carbonyl (C=O) groups is 2. The predicted octanol–water partition coefficient (Wildman–Crippen LogP) is 4.70. The molecular weight excluding hydrogens is 472 g/mol. The lowest BCUT2D eigenvalue weighted by Gasteiger charge is -2.34. The monoisotopic (exact) mass is 498 g/mol. The molecule has 0 unspecified atom stereocenters. The number of nitro groups is 1. The fraction of sp³-hybridized carbons (Fsp3) is 0.259. The maximum absolute atomic E-state index is 13.0. The number of fused-ring (bicyclic) bond motifs is 1. The molecule has 188 valence electrons. The lowest BCUT2D eigenvalue weighted by atomic mass is 9.82. The number of non-ortho nitro benzene ring substituents is 1. The first kappa shape index (κ1) is 24.1. The van der Waals surface area contributed by atoms with Gasteiger partial charge in [-0.1, -0.05) is 38.1 Å². The molecule has 0 aliphatic carbocycles. The van der Waals surface area contributed by atoms with Crippen molar-refractivity contribution < 1.29 is 14.5 Å². The van der Waals surface area contributed by atoms with Crippen molar-refractivity contribution in [2.24, 2.45) is 10.5 Å². The Kier molecular flexibility index (Phi) is 6.16. The Labute approximate surface area is 213 Å². The summed E-state index contributed by atoms with van der Waals surface area (Å²) in [6.45, 7) is 5.05. The summed E-state index contributed by atoms with van der Waals surface area (Å²) in [6, 6.07) is 15.3. The van der Waals surface area contributed by atoms with Crippen LogP contribution in [-0.2, 0) is 24.4 Å². The van der Waals surface area contributed by atoms with Gasteiger partial charge in [0.2, 0.25) is 5.91 Å². The third-order valence-corrected chi connectivity index (χ3v) is 6.63. The number of nitrogens with zero attached hydrogens (tertiary/aromatic N) is 5. The molecule has 0 atom stereocenters. The molecule has 0 saturated heterocycles. The number of aromatic nitrogens is 1. The summed E-state index contributed by atoms with van der Waals surface area (Å²) in [5.74, 6) is -0.111. The molecule has 5 rings (SSSR count). The van der Waals surface area contributed by atoms with E-state index in [0.29, 0.717) is 25.2 Å². The smallest absolute Gasteiger partial charge is 0.316 e. The Hall–Kier alpha value is -4.60. The fourth-order valence-corrected chi connectivity index (χ4v) is 4.54. The van der Waals surface area contributed by atoms with Crippen molar-refractivity contribution in [3.63, 3.8) is 0 Å². The summed E-state index contributed by atoms with van der Waals surface area (Å²) in [5, 5.41) is 19.9. The van der Waals surface area contributed by atoms with Crippen molar-refractivity contribution in [2.45, 2.75) is 39.9 Å². The number of rotatable bonds is 5. The van der Waals surface area contributed by atoms with Gasteiger partial charge in [-0.15, -0.1) is 0 Å². The number of benzene rings is 2. The molecule has 10 heteroatoms. The maximum atomic E-state index is 13.0. The van der Waals surface area contributed by atoms with Crippen LogP contribution in [0.25, 0.3) is 0 Å². The van der Waals surface area contributed by atoms with Crippen LogP contribution in [0.2, 0.25) is 0 Å². The zero-order valence-corrected chi connectivity index (χ0v) is 20.5. The molecule has 0 radical (unpaired) electrons. The second kappa shape index (κ2) is 9.45. The Balaban J connectivity index is 1.29. The lowest BCUT2D eigenvalue weighted by molar-refractivity contribution is -0.384. The third kappa shape index (κ3) is 5.04. The van der Waals surface area contributed by atoms with E-state index in [4.69, 9.17) is 0 Å². The standard InChI is InChI=1S/C27H26N6O4/c1-27(2)13-24(30-32(25(27)34)15-18-3-9-23(10-4-18)33(36)37)19-5-7-22(8-6-19)29-26(35)31-16-20-11-12-28-14-21(20)17-31/h3-12,14H,13,15-17H2,1-2H3,(H,29,35).